The lowest BCUT2D eigenvalue weighted by Gasteiger charge is -2.44. The highest BCUT2D eigenvalue weighted by Gasteiger charge is 2.39. The van der Waals surface area contributed by atoms with E-state index in [2.05, 4.69) is 32.0 Å². The van der Waals surface area contributed by atoms with Gasteiger partial charge in [0, 0.05) is 63.1 Å². The van der Waals surface area contributed by atoms with Gasteiger partial charge in [0.2, 0.25) is 11.8 Å². The van der Waals surface area contributed by atoms with Crippen LogP contribution in [0.1, 0.15) is 51.9 Å². The number of hydrogen-bond donors (Lipinski definition) is 2. The van der Waals surface area contributed by atoms with Crippen molar-refractivity contribution < 1.29 is 41.3 Å². The van der Waals surface area contributed by atoms with Crippen molar-refractivity contribution in [2.75, 3.05) is 37.6 Å². The number of ether oxygens (including phenoxy) is 2. The first-order valence-corrected chi connectivity index (χ1v) is 17.8. The fraction of sp³-hybridized carbons (Fsp3) is 0.293. The van der Waals surface area contributed by atoms with Crippen LogP contribution in [0.25, 0.3) is 11.1 Å². The van der Waals surface area contributed by atoms with Crippen LogP contribution in [0.5, 0.6) is 0 Å². The number of benzene rings is 4. The predicted octanol–water partition coefficient (Wildman–Crippen LogP) is 6.88. The number of piperazine rings is 1. The quantitative estimate of drug-likeness (QED) is 0.0905. The van der Waals surface area contributed by atoms with Gasteiger partial charge in [-0.25, -0.2) is 31.9 Å². The first-order chi connectivity index (χ1) is 26.6. The third-order valence-corrected chi connectivity index (χ3v) is 10.1. The van der Waals surface area contributed by atoms with Crippen LogP contribution in [0, 0.1) is 35.0 Å². The summed E-state index contributed by atoms with van der Waals surface area (Å²) in [4.78, 5) is 25.8. The summed E-state index contributed by atoms with van der Waals surface area (Å²) in [5.41, 5.74) is 3.14. The summed E-state index contributed by atoms with van der Waals surface area (Å²) in [6.07, 6.45) is 2.35. The van der Waals surface area contributed by atoms with Gasteiger partial charge in [0.25, 0.3) is 5.91 Å². The number of carbonyl (C=O) groups is 1. The van der Waals surface area contributed by atoms with Gasteiger partial charge in [0.1, 0.15) is 5.56 Å². The summed E-state index contributed by atoms with van der Waals surface area (Å²) in [5.74, 6) is -11.8. The molecular weight excluding hydrogens is 721 g/mol. The van der Waals surface area contributed by atoms with Gasteiger partial charge in [-0.15, -0.1) is 0 Å². The molecule has 0 bridgehead atoms. The topological polar surface area (TPSA) is 100 Å². The average Bonchev–Trinajstić information content (AvgIpc) is 3.23. The maximum absolute atomic E-state index is 14.2. The lowest BCUT2D eigenvalue weighted by Crippen LogP contribution is -2.51. The number of aliphatic hydroxyl groups excluding tert-OH is 1. The Morgan fingerprint density at radius 2 is 1.40 bits per heavy atom. The second kappa shape index (κ2) is 16.6. The zero-order valence-electron chi connectivity index (χ0n) is 29.8. The van der Waals surface area contributed by atoms with Crippen LogP contribution < -0.4 is 10.2 Å². The Bertz CT molecular complexity index is 2090. The second-order valence-electron chi connectivity index (χ2n) is 13.6. The number of nitrogens with zero attached hydrogens (tertiary/aromatic N) is 4. The van der Waals surface area contributed by atoms with Crippen LogP contribution in [0.15, 0.2) is 91.3 Å². The summed E-state index contributed by atoms with van der Waals surface area (Å²) in [5, 5.41) is 11.8. The van der Waals surface area contributed by atoms with Crippen molar-refractivity contribution in [1.82, 2.24) is 20.2 Å². The largest absolute Gasteiger partial charge is 0.392 e. The van der Waals surface area contributed by atoms with Crippen molar-refractivity contribution in [2.45, 2.75) is 38.6 Å². The van der Waals surface area contributed by atoms with E-state index in [4.69, 9.17) is 9.47 Å². The molecule has 0 aliphatic carbocycles. The molecule has 2 N–H and O–H groups in total. The molecule has 2 aliphatic heterocycles. The highest BCUT2D eigenvalue weighted by molar-refractivity contribution is 5.94. The lowest BCUT2D eigenvalue weighted by molar-refractivity contribution is -0.276. The third-order valence-electron chi connectivity index (χ3n) is 10.1. The van der Waals surface area contributed by atoms with Gasteiger partial charge in [0.15, 0.2) is 29.6 Å². The average molecular weight is 760 g/mol. The summed E-state index contributed by atoms with van der Waals surface area (Å²) in [6, 6.07) is 24.1. The highest BCUT2D eigenvalue weighted by atomic mass is 19.2. The van der Waals surface area contributed by atoms with Gasteiger partial charge in [-0.2, -0.15) is 0 Å². The normalized spacial score (nSPS) is 20.4. The molecule has 9 nitrogen and oxygen atoms in total. The van der Waals surface area contributed by atoms with Crippen molar-refractivity contribution in [3.63, 3.8) is 0 Å². The van der Waals surface area contributed by atoms with Crippen molar-refractivity contribution in [2.24, 2.45) is 5.92 Å². The molecule has 2 saturated heterocycles. The molecule has 2 aliphatic rings. The van der Waals surface area contributed by atoms with E-state index in [9.17, 15) is 31.9 Å². The Labute approximate surface area is 314 Å². The molecule has 1 aromatic heterocycles. The van der Waals surface area contributed by atoms with E-state index >= 15 is 0 Å². The smallest absolute Gasteiger partial charge is 0.257 e. The standard InChI is InChI=1S/C41H38F5N5O4/c1-24-31(22-50-16-18-51(19-17-50)41-47-14-3-15-48-41)54-40(55-38(24)28-8-6-25(23-52)7-9-28)29-12-10-27(11-13-29)30-5-2-4-26(20-30)21-49-39(53)32-33(42)35(44)37(46)36(45)34(32)43/h2-15,20,24,31,38,40,52H,16-19,21-23H2,1H3,(H,49,53)/t24-,31+,38+,40+/m0/s1. The molecule has 0 saturated carbocycles. The van der Waals surface area contributed by atoms with Crippen LogP contribution in [0.4, 0.5) is 27.9 Å². The highest BCUT2D eigenvalue weighted by Crippen LogP contribution is 2.42. The number of halogens is 5. The maximum atomic E-state index is 14.2. The van der Waals surface area contributed by atoms with Gasteiger partial charge in [-0.1, -0.05) is 73.7 Å². The van der Waals surface area contributed by atoms with E-state index < -0.39 is 46.8 Å². The molecular formula is C41H38F5N5O4. The molecule has 55 heavy (non-hydrogen) atoms. The fourth-order valence-electron chi connectivity index (χ4n) is 6.94. The fourth-order valence-corrected chi connectivity index (χ4v) is 6.94. The van der Waals surface area contributed by atoms with E-state index in [1.165, 1.54) is 0 Å². The molecule has 0 radical (unpaired) electrons. The Kier molecular flexibility index (Phi) is 11.5. The molecule has 5 aromatic rings. The summed E-state index contributed by atoms with van der Waals surface area (Å²) >= 11 is 0. The number of carbonyl (C=O) groups excluding carboxylic acids is 1. The number of amides is 1. The number of aromatic nitrogens is 2. The van der Waals surface area contributed by atoms with E-state index in [1.54, 1.807) is 36.7 Å². The summed E-state index contributed by atoms with van der Waals surface area (Å²) in [7, 11) is 0. The van der Waals surface area contributed by atoms with Gasteiger partial charge >= 0.3 is 0 Å². The molecule has 7 rings (SSSR count). The number of nitrogens with one attached hydrogen (secondary N) is 1. The zero-order chi connectivity index (χ0) is 38.6. The number of rotatable bonds is 10. The Morgan fingerprint density at radius 3 is 2.05 bits per heavy atom. The van der Waals surface area contributed by atoms with Crippen LogP contribution in [0.2, 0.25) is 0 Å². The van der Waals surface area contributed by atoms with E-state index in [0.717, 1.165) is 59.9 Å². The van der Waals surface area contributed by atoms with Crippen LogP contribution in [-0.4, -0.2) is 64.7 Å². The third kappa shape index (κ3) is 8.22. The summed E-state index contributed by atoms with van der Waals surface area (Å²) in [6.45, 7) is 5.75. The number of anilines is 1. The molecule has 286 valence electrons. The first-order valence-electron chi connectivity index (χ1n) is 17.8. The lowest BCUT2D eigenvalue weighted by atomic mass is 9.89. The first kappa shape index (κ1) is 38.0. The van der Waals surface area contributed by atoms with Crippen LogP contribution in [-0.2, 0) is 22.6 Å². The minimum atomic E-state index is -2.33. The van der Waals surface area contributed by atoms with Gasteiger partial charge in [-0.05, 0) is 39.9 Å². The number of aliphatic hydroxyl groups is 1. The predicted molar refractivity (Wildman–Crippen MR) is 193 cm³/mol. The Morgan fingerprint density at radius 1 is 0.764 bits per heavy atom. The van der Waals surface area contributed by atoms with E-state index in [1.807, 2.05) is 54.6 Å². The van der Waals surface area contributed by atoms with Crippen molar-refractivity contribution >= 4 is 11.9 Å². The SMILES string of the molecule is C[C@H]1[C@@H](CN2CCN(c3ncccn3)CC2)O[C@@H](c2ccc(-c3cccc(CNC(=O)c4c(F)c(F)c(F)c(F)c4F)c3)cc2)O[C@H]1c1ccc(CO)cc1. The Hall–Kier alpha value is -5.28. The molecule has 2 fully saturated rings. The molecule has 1 amide bonds. The molecule has 4 aromatic carbocycles. The number of hydrogen-bond acceptors (Lipinski definition) is 8. The van der Waals surface area contributed by atoms with Crippen molar-refractivity contribution in [1.29, 1.82) is 0 Å². The van der Waals surface area contributed by atoms with Crippen LogP contribution >= 0.6 is 0 Å². The molecule has 0 unspecified atom stereocenters. The van der Waals surface area contributed by atoms with Crippen LogP contribution in [0.3, 0.4) is 0 Å². The zero-order valence-corrected chi connectivity index (χ0v) is 29.8. The Balaban J connectivity index is 1.05. The summed E-state index contributed by atoms with van der Waals surface area (Å²) < 4.78 is 82.4. The monoisotopic (exact) mass is 759 g/mol. The molecule has 4 atom stereocenters. The van der Waals surface area contributed by atoms with Gasteiger partial charge < -0.3 is 24.8 Å². The van der Waals surface area contributed by atoms with Gasteiger partial charge in [-0.3, -0.25) is 9.69 Å². The van der Waals surface area contributed by atoms with Crippen molar-refractivity contribution in [3.05, 3.63) is 148 Å². The molecule has 0 spiro atoms. The molecule has 3 heterocycles. The second-order valence-corrected chi connectivity index (χ2v) is 13.6. The van der Waals surface area contributed by atoms with Crippen molar-refractivity contribution in [3.8, 4) is 11.1 Å². The van der Waals surface area contributed by atoms with E-state index in [-0.39, 0.29) is 31.3 Å². The minimum absolute atomic E-state index is 0.00306. The maximum Gasteiger partial charge on any atom is 0.257 e. The van der Waals surface area contributed by atoms with E-state index in [0.29, 0.717) is 12.1 Å². The minimum Gasteiger partial charge on any atom is -0.392 e. The molecule has 14 heteroatoms. The van der Waals surface area contributed by atoms with Gasteiger partial charge in [0.05, 0.1) is 18.8 Å².